The molecule has 5 rings (SSSR count). The van der Waals surface area contributed by atoms with Crippen molar-refractivity contribution in [3.8, 4) is 0 Å². The zero-order chi connectivity index (χ0) is 21.2. The second-order valence-corrected chi connectivity index (χ2v) is 7.95. The van der Waals surface area contributed by atoms with Crippen molar-refractivity contribution in [3.63, 3.8) is 0 Å². The Kier molecular flexibility index (Phi) is 5.40. The van der Waals surface area contributed by atoms with E-state index < -0.39 is 0 Å². The third kappa shape index (κ3) is 4.17. The molecule has 4 aromatic rings. The Labute approximate surface area is 179 Å². The summed E-state index contributed by atoms with van der Waals surface area (Å²) < 4.78 is 12.6. The first kappa shape index (κ1) is 19.7. The van der Waals surface area contributed by atoms with Gasteiger partial charge < -0.3 is 8.94 Å². The van der Waals surface area contributed by atoms with Crippen LogP contribution in [0.15, 0.2) is 68.3 Å². The fourth-order valence-electron chi connectivity index (χ4n) is 4.08. The van der Waals surface area contributed by atoms with Crippen LogP contribution >= 0.6 is 0 Å². The predicted molar refractivity (Wildman–Crippen MR) is 116 cm³/mol. The summed E-state index contributed by atoms with van der Waals surface area (Å²) >= 11 is 0. The summed E-state index contributed by atoms with van der Waals surface area (Å²) in [6, 6.07) is 17.7. The van der Waals surface area contributed by atoms with E-state index in [1.807, 2.05) is 42.5 Å². The number of benzene rings is 2. The van der Waals surface area contributed by atoms with E-state index in [2.05, 4.69) is 39.0 Å². The molecule has 1 aliphatic rings. The monoisotopic (exact) mass is 419 g/mol. The van der Waals surface area contributed by atoms with Crippen molar-refractivity contribution in [1.82, 2.24) is 24.5 Å². The molecule has 31 heavy (non-hydrogen) atoms. The van der Waals surface area contributed by atoms with Gasteiger partial charge in [-0.2, -0.15) is 4.98 Å². The lowest BCUT2D eigenvalue weighted by atomic mass is 10.1. The van der Waals surface area contributed by atoms with Crippen molar-refractivity contribution < 1.29 is 8.94 Å². The topological polar surface area (TPSA) is 80.5 Å². The van der Waals surface area contributed by atoms with Gasteiger partial charge in [0.25, 0.3) is 0 Å². The maximum absolute atomic E-state index is 12.2. The summed E-state index contributed by atoms with van der Waals surface area (Å²) in [6.07, 6.45) is 0.665. The highest BCUT2D eigenvalue weighted by Crippen LogP contribution is 2.21. The third-order valence-electron chi connectivity index (χ3n) is 5.92. The molecule has 0 saturated carbocycles. The minimum absolute atomic E-state index is 0.0525. The van der Waals surface area contributed by atoms with E-state index in [9.17, 15) is 4.79 Å². The second kappa shape index (κ2) is 8.49. The van der Waals surface area contributed by atoms with Gasteiger partial charge >= 0.3 is 5.76 Å². The molecule has 2 aromatic heterocycles. The molecule has 1 fully saturated rings. The fourth-order valence-corrected chi connectivity index (χ4v) is 4.08. The van der Waals surface area contributed by atoms with Crippen LogP contribution in [-0.2, 0) is 13.1 Å². The number of nitrogens with zero attached hydrogens (tertiary/aromatic N) is 5. The van der Waals surface area contributed by atoms with Gasteiger partial charge in [-0.15, -0.1) is 0 Å². The van der Waals surface area contributed by atoms with Gasteiger partial charge in [-0.3, -0.25) is 14.4 Å². The number of rotatable bonds is 6. The van der Waals surface area contributed by atoms with Gasteiger partial charge in [-0.1, -0.05) is 47.6 Å². The summed E-state index contributed by atoms with van der Waals surface area (Å²) in [6.45, 7) is 6.05. The average molecular weight is 419 g/mol. The normalized spacial score (nSPS) is 16.7. The number of piperazine rings is 1. The molecule has 8 heteroatoms. The molecule has 0 radical (unpaired) electrons. The van der Waals surface area contributed by atoms with Crippen molar-refractivity contribution >= 4 is 11.1 Å². The first-order valence-electron chi connectivity index (χ1n) is 10.6. The van der Waals surface area contributed by atoms with Crippen LogP contribution in [0.1, 0.15) is 30.2 Å². The number of fused-ring (bicyclic) bond motifs is 1. The van der Waals surface area contributed by atoms with Gasteiger partial charge in [0.05, 0.1) is 18.2 Å². The highest BCUT2D eigenvalue weighted by atomic mass is 16.5. The number of aromatic nitrogens is 3. The van der Waals surface area contributed by atoms with E-state index >= 15 is 0 Å². The van der Waals surface area contributed by atoms with Gasteiger partial charge in [0.15, 0.2) is 11.4 Å². The lowest BCUT2D eigenvalue weighted by Gasteiger charge is -2.36. The molecule has 1 atom stereocenters. The van der Waals surface area contributed by atoms with Crippen LogP contribution in [0, 0.1) is 0 Å². The van der Waals surface area contributed by atoms with Crippen LogP contribution in [0.25, 0.3) is 11.1 Å². The molecular formula is C23H25N5O3. The summed E-state index contributed by atoms with van der Waals surface area (Å²) in [7, 11) is 0. The van der Waals surface area contributed by atoms with E-state index in [1.165, 1.54) is 0 Å². The van der Waals surface area contributed by atoms with Gasteiger partial charge in [-0.25, -0.2) is 4.79 Å². The quantitative estimate of drug-likeness (QED) is 0.475. The van der Waals surface area contributed by atoms with Crippen LogP contribution in [0.5, 0.6) is 0 Å². The molecule has 0 N–H and O–H groups in total. The predicted octanol–water partition coefficient (Wildman–Crippen LogP) is 2.90. The molecule has 0 spiro atoms. The van der Waals surface area contributed by atoms with E-state index in [0.29, 0.717) is 30.4 Å². The van der Waals surface area contributed by atoms with E-state index in [0.717, 1.165) is 37.3 Å². The average Bonchev–Trinajstić information content (AvgIpc) is 3.39. The summed E-state index contributed by atoms with van der Waals surface area (Å²) in [5.41, 5.74) is 2.63. The first-order chi connectivity index (χ1) is 15.2. The second-order valence-electron chi connectivity index (χ2n) is 7.95. The molecule has 8 nitrogen and oxygen atoms in total. The Morgan fingerprint density at radius 2 is 1.74 bits per heavy atom. The molecule has 3 heterocycles. The highest BCUT2D eigenvalue weighted by Gasteiger charge is 2.26. The highest BCUT2D eigenvalue weighted by molar-refractivity contribution is 5.72. The van der Waals surface area contributed by atoms with Gasteiger partial charge in [0.2, 0.25) is 5.89 Å². The number of para-hydroxylation sites is 2. The van der Waals surface area contributed by atoms with Crippen LogP contribution in [0.3, 0.4) is 0 Å². The minimum Gasteiger partial charge on any atom is -0.408 e. The first-order valence-corrected chi connectivity index (χ1v) is 10.6. The van der Waals surface area contributed by atoms with Crippen LogP contribution in [0.4, 0.5) is 0 Å². The maximum atomic E-state index is 12.2. The van der Waals surface area contributed by atoms with Gasteiger partial charge in [0.1, 0.15) is 0 Å². The molecule has 1 aliphatic heterocycles. The fraction of sp³-hybridized carbons (Fsp3) is 0.348. The number of hydrogen-bond donors (Lipinski definition) is 0. The van der Waals surface area contributed by atoms with Crippen LogP contribution < -0.4 is 5.76 Å². The van der Waals surface area contributed by atoms with Gasteiger partial charge in [0, 0.05) is 32.6 Å². The van der Waals surface area contributed by atoms with Crippen molar-refractivity contribution in [3.05, 3.63) is 82.4 Å². The van der Waals surface area contributed by atoms with E-state index in [4.69, 9.17) is 8.94 Å². The molecule has 2 aromatic carbocycles. The standard InChI is InChI=1S/C23H25N5O3/c1-17(22-24-21(25-31-22)15-18-7-3-2-4-8-18)27-13-11-26(12-14-27)16-28-19-9-5-6-10-20(19)30-23(28)29/h2-10,17H,11-16H2,1H3/t17-/m0/s1. The molecule has 0 unspecified atom stereocenters. The Morgan fingerprint density at radius 3 is 2.55 bits per heavy atom. The minimum atomic E-state index is -0.311. The van der Waals surface area contributed by atoms with Crippen LogP contribution in [0.2, 0.25) is 0 Å². The van der Waals surface area contributed by atoms with Crippen molar-refractivity contribution in [2.24, 2.45) is 0 Å². The lowest BCUT2D eigenvalue weighted by molar-refractivity contribution is 0.0710. The molecule has 0 amide bonds. The summed E-state index contributed by atoms with van der Waals surface area (Å²) in [4.78, 5) is 21.5. The van der Waals surface area contributed by atoms with Crippen molar-refractivity contribution in [1.29, 1.82) is 0 Å². The maximum Gasteiger partial charge on any atom is 0.421 e. The number of hydrogen-bond acceptors (Lipinski definition) is 7. The molecule has 1 saturated heterocycles. The van der Waals surface area contributed by atoms with Crippen molar-refractivity contribution in [2.45, 2.75) is 26.1 Å². The molecule has 160 valence electrons. The van der Waals surface area contributed by atoms with E-state index in [1.54, 1.807) is 4.57 Å². The van der Waals surface area contributed by atoms with Crippen molar-refractivity contribution in [2.75, 3.05) is 26.2 Å². The summed E-state index contributed by atoms with van der Waals surface area (Å²) in [5, 5.41) is 4.16. The SMILES string of the molecule is C[C@@H](c1nc(Cc2ccccc2)no1)N1CCN(Cn2c(=O)oc3ccccc32)CC1. The Bertz CT molecular complexity index is 1200. The third-order valence-corrected chi connectivity index (χ3v) is 5.92. The lowest BCUT2D eigenvalue weighted by Crippen LogP contribution is -2.48. The van der Waals surface area contributed by atoms with Gasteiger partial charge in [-0.05, 0) is 24.6 Å². The smallest absolute Gasteiger partial charge is 0.408 e. The van der Waals surface area contributed by atoms with Crippen LogP contribution in [-0.4, -0.2) is 50.7 Å². The Balaban J connectivity index is 1.19. The Hall–Kier alpha value is -3.23. The molecule has 0 bridgehead atoms. The summed E-state index contributed by atoms with van der Waals surface area (Å²) in [5.74, 6) is 1.04. The zero-order valence-electron chi connectivity index (χ0n) is 17.5. The Morgan fingerprint density at radius 1 is 1.00 bits per heavy atom. The molecule has 0 aliphatic carbocycles. The molecular weight excluding hydrogens is 394 g/mol. The zero-order valence-corrected chi connectivity index (χ0v) is 17.5. The largest absolute Gasteiger partial charge is 0.421 e. The van der Waals surface area contributed by atoms with E-state index in [-0.39, 0.29) is 11.8 Å². The number of oxazole rings is 1.